The third kappa shape index (κ3) is 4.18. The van der Waals surface area contributed by atoms with Gasteiger partial charge < -0.3 is 9.67 Å². The molecular formula is C26H20BrFN4O2. The molecular weight excluding hydrogens is 499 g/mol. The maximum absolute atomic E-state index is 13.9. The standard InChI is InChI=1S/C26H20BrFN4O2/c1-15-8-18(4-6-29-15)26-22-11-16(2-3-23(22)30-31-26)17-5-7-32(25(34)12-17)24(14-33)19-9-20(27)13-21(28)10-19/h2-13,24,33H,14H2,1H3,(H,30,31). The van der Waals surface area contributed by atoms with E-state index >= 15 is 0 Å². The first-order chi connectivity index (χ1) is 16.4. The van der Waals surface area contributed by atoms with Gasteiger partial charge in [0, 0.05) is 39.6 Å². The van der Waals surface area contributed by atoms with Gasteiger partial charge in [0.2, 0.25) is 0 Å². The fraction of sp³-hybridized carbons (Fsp3) is 0.115. The molecule has 5 rings (SSSR count). The van der Waals surface area contributed by atoms with E-state index in [0.717, 1.165) is 39.0 Å². The number of hydrogen-bond acceptors (Lipinski definition) is 4. The van der Waals surface area contributed by atoms with E-state index in [-0.39, 0.29) is 12.2 Å². The molecule has 6 nitrogen and oxygen atoms in total. The summed E-state index contributed by atoms with van der Waals surface area (Å²) in [6, 6.07) is 16.7. The lowest BCUT2D eigenvalue weighted by Gasteiger charge is -2.19. The Morgan fingerprint density at radius 3 is 2.62 bits per heavy atom. The molecule has 34 heavy (non-hydrogen) atoms. The number of aryl methyl sites for hydroxylation is 1. The van der Waals surface area contributed by atoms with Gasteiger partial charge in [-0.1, -0.05) is 22.0 Å². The van der Waals surface area contributed by atoms with Crippen molar-refractivity contribution in [2.24, 2.45) is 0 Å². The highest BCUT2D eigenvalue weighted by Gasteiger charge is 2.17. The number of benzene rings is 2. The van der Waals surface area contributed by atoms with Crippen LogP contribution in [0.2, 0.25) is 0 Å². The lowest BCUT2D eigenvalue weighted by molar-refractivity contribution is 0.246. The van der Waals surface area contributed by atoms with Gasteiger partial charge in [0.1, 0.15) is 11.5 Å². The van der Waals surface area contributed by atoms with E-state index in [1.165, 1.54) is 22.8 Å². The summed E-state index contributed by atoms with van der Waals surface area (Å²) in [7, 11) is 0. The Labute approximate surface area is 202 Å². The molecule has 3 aromatic heterocycles. The molecule has 0 fully saturated rings. The molecule has 8 heteroatoms. The summed E-state index contributed by atoms with van der Waals surface area (Å²) in [5.41, 5.74) is 5.36. The lowest BCUT2D eigenvalue weighted by Crippen LogP contribution is -2.27. The van der Waals surface area contributed by atoms with Crippen LogP contribution in [-0.2, 0) is 0 Å². The number of halogens is 2. The van der Waals surface area contributed by atoms with Crippen LogP contribution in [0.1, 0.15) is 17.3 Å². The zero-order chi connectivity index (χ0) is 23.8. The Morgan fingerprint density at radius 2 is 1.88 bits per heavy atom. The van der Waals surface area contributed by atoms with E-state index in [2.05, 4.69) is 31.1 Å². The zero-order valence-electron chi connectivity index (χ0n) is 18.2. The van der Waals surface area contributed by atoms with Crippen molar-refractivity contribution >= 4 is 26.8 Å². The summed E-state index contributed by atoms with van der Waals surface area (Å²) in [5.74, 6) is -0.443. The van der Waals surface area contributed by atoms with Gasteiger partial charge in [0.05, 0.1) is 18.2 Å². The van der Waals surface area contributed by atoms with Crippen molar-refractivity contribution in [2.45, 2.75) is 13.0 Å². The van der Waals surface area contributed by atoms with Crippen LogP contribution in [0, 0.1) is 12.7 Å². The minimum Gasteiger partial charge on any atom is -0.394 e. The Morgan fingerprint density at radius 1 is 1.06 bits per heavy atom. The minimum absolute atomic E-state index is 0.297. The Kier molecular flexibility index (Phi) is 5.85. The van der Waals surface area contributed by atoms with Crippen LogP contribution >= 0.6 is 15.9 Å². The summed E-state index contributed by atoms with van der Waals surface area (Å²) in [4.78, 5) is 17.3. The summed E-state index contributed by atoms with van der Waals surface area (Å²) < 4.78 is 15.8. The van der Waals surface area contributed by atoms with Crippen LogP contribution in [0.15, 0.2) is 82.3 Å². The van der Waals surface area contributed by atoms with Gasteiger partial charge in [-0.25, -0.2) is 4.39 Å². The molecule has 3 heterocycles. The third-order valence-corrected chi connectivity index (χ3v) is 6.25. The topological polar surface area (TPSA) is 83.8 Å². The molecule has 0 aliphatic carbocycles. The number of nitrogens with one attached hydrogen (secondary N) is 1. The molecule has 0 bridgehead atoms. The second-order valence-electron chi connectivity index (χ2n) is 8.08. The predicted octanol–water partition coefficient (Wildman–Crippen LogP) is 5.25. The fourth-order valence-corrected chi connectivity index (χ4v) is 4.64. The second kappa shape index (κ2) is 8.96. The van der Waals surface area contributed by atoms with Crippen LogP contribution in [0.3, 0.4) is 0 Å². The molecule has 0 saturated carbocycles. The minimum atomic E-state index is -0.702. The lowest BCUT2D eigenvalue weighted by atomic mass is 10.0. The van der Waals surface area contributed by atoms with E-state index in [1.54, 1.807) is 18.5 Å². The molecule has 0 spiro atoms. The largest absolute Gasteiger partial charge is 0.394 e. The maximum Gasteiger partial charge on any atom is 0.251 e. The Hall–Kier alpha value is -3.62. The number of aliphatic hydroxyl groups is 1. The normalized spacial score (nSPS) is 12.2. The van der Waals surface area contributed by atoms with Gasteiger partial charge in [0.15, 0.2) is 0 Å². The number of aromatic amines is 1. The van der Waals surface area contributed by atoms with Crippen molar-refractivity contribution in [1.29, 1.82) is 0 Å². The SMILES string of the molecule is Cc1cc(-c2n[nH]c3ccc(-c4ccn(C(CO)c5cc(F)cc(Br)c5)c(=O)c4)cc23)ccn1. The summed E-state index contributed by atoms with van der Waals surface area (Å²) >= 11 is 3.27. The number of aliphatic hydroxyl groups excluding tert-OH is 1. The zero-order valence-corrected chi connectivity index (χ0v) is 19.8. The van der Waals surface area contributed by atoms with Gasteiger partial charge in [0.25, 0.3) is 5.56 Å². The number of H-pyrrole nitrogens is 1. The number of hydrogen-bond donors (Lipinski definition) is 2. The molecule has 2 N–H and O–H groups in total. The van der Waals surface area contributed by atoms with Crippen LogP contribution in [0.25, 0.3) is 33.3 Å². The molecule has 0 saturated heterocycles. The highest BCUT2D eigenvalue weighted by Crippen LogP contribution is 2.30. The summed E-state index contributed by atoms with van der Waals surface area (Å²) in [5, 5.41) is 18.4. The first-order valence-corrected chi connectivity index (χ1v) is 11.4. The van der Waals surface area contributed by atoms with E-state index in [0.29, 0.717) is 10.0 Å². The van der Waals surface area contributed by atoms with E-state index in [9.17, 15) is 14.3 Å². The highest BCUT2D eigenvalue weighted by atomic mass is 79.9. The average Bonchev–Trinajstić information content (AvgIpc) is 3.23. The number of pyridine rings is 2. The molecule has 5 aromatic rings. The van der Waals surface area contributed by atoms with Gasteiger partial charge in [-0.2, -0.15) is 5.10 Å². The molecule has 1 atom stereocenters. The molecule has 2 aromatic carbocycles. The molecule has 1 unspecified atom stereocenters. The summed E-state index contributed by atoms with van der Waals surface area (Å²) in [6.45, 7) is 1.59. The quantitative estimate of drug-likeness (QED) is 0.333. The number of fused-ring (bicyclic) bond motifs is 1. The average molecular weight is 519 g/mol. The Balaban J connectivity index is 1.55. The number of nitrogens with zero attached hydrogens (tertiary/aromatic N) is 3. The number of rotatable bonds is 5. The van der Waals surface area contributed by atoms with Crippen molar-refractivity contribution in [3.8, 4) is 22.4 Å². The van der Waals surface area contributed by atoms with Gasteiger partial charge >= 0.3 is 0 Å². The fourth-order valence-electron chi connectivity index (χ4n) is 4.15. The molecule has 170 valence electrons. The van der Waals surface area contributed by atoms with Crippen LogP contribution < -0.4 is 5.56 Å². The van der Waals surface area contributed by atoms with Crippen molar-refractivity contribution < 1.29 is 9.50 Å². The van der Waals surface area contributed by atoms with Crippen molar-refractivity contribution in [3.05, 3.63) is 105 Å². The molecule has 0 radical (unpaired) electrons. The van der Waals surface area contributed by atoms with Crippen LogP contribution in [-0.4, -0.2) is 31.5 Å². The van der Waals surface area contributed by atoms with Gasteiger partial charge in [-0.3, -0.25) is 14.9 Å². The Bertz CT molecular complexity index is 1560. The van der Waals surface area contributed by atoms with Crippen LogP contribution in [0.4, 0.5) is 4.39 Å². The van der Waals surface area contributed by atoms with E-state index < -0.39 is 11.9 Å². The molecule has 0 aliphatic rings. The van der Waals surface area contributed by atoms with Crippen LogP contribution in [0.5, 0.6) is 0 Å². The molecule has 0 amide bonds. The monoisotopic (exact) mass is 518 g/mol. The smallest absolute Gasteiger partial charge is 0.251 e. The van der Waals surface area contributed by atoms with E-state index in [1.807, 2.05) is 43.3 Å². The van der Waals surface area contributed by atoms with Crippen molar-refractivity contribution in [2.75, 3.05) is 6.61 Å². The van der Waals surface area contributed by atoms with Crippen molar-refractivity contribution in [1.82, 2.24) is 19.7 Å². The first-order valence-electron chi connectivity index (χ1n) is 10.6. The number of aromatic nitrogens is 4. The highest BCUT2D eigenvalue weighted by molar-refractivity contribution is 9.10. The molecule has 0 aliphatic heterocycles. The predicted molar refractivity (Wildman–Crippen MR) is 133 cm³/mol. The van der Waals surface area contributed by atoms with Gasteiger partial charge in [-0.05, 0) is 72.1 Å². The summed E-state index contributed by atoms with van der Waals surface area (Å²) in [6.07, 6.45) is 3.38. The second-order valence-corrected chi connectivity index (χ2v) is 9.00. The first kappa shape index (κ1) is 22.2. The maximum atomic E-state index is 13.9. The van der Waals surface area contributed by atoms with E-state index in [4.69, 9.17) is 0 Å². The van der Waals surface area contributed by atoms with Crippen molar-refractivity contribution in [3.63, 3.8) is 0 Å². The third-order valence-electron chi connectivity index (χ3n) is 5.79. The van der Waals surface area contributed by atoms with Gasteiger partial charge in [-0.15, -0.1) is 0 Å².